The van der Waals surface area contributed by atoms with Gasteiger partial charge in [0.05, 0.1) is 10.8 Å². The summed E-state index contributed by atoms with van der Waals surface area (Å²) in [5, 5.41) is 0. The molecule has 0 amide bonds. The fourth-order valence-corrected chi connectivity index (χ4v) is 10.4. The van der Waals surface area contributed by atoms with E-state index in [0.29, 0.717) is 5.69 Å². The number of fused-ring (bicyclic) bond motifs is 6. The zero-order valence-electron chi connectivity index (χ0n) is 33.4. The van der Waals surface area contributed by atoms with Crippen LogP contribution in [-0.4, -0.2) is 6.36 Å². The molecule has 0 fully saturated rings. The monoisotopic (exact) mass is 809 g/mol. The molecule has 0 unspecified atom stereocenters. The highest BCUT2D eigenvalue weighted by molar-refractivity contribution is 5.92. The lowest BCUT2D eigenvalue weighted by Gasteiger charge is -2.36. The maximum absolute atomic E-state index is 13.5. The van der Waals surface area contributed by atoms with Gasteiger partial charge in [-0.05, 0) is 115 Å². The molecule has 0 N–H and O–H groups in total. The van der Waals surface area contributed by atoms with Crippen LogP contribution >= 0.6 is 0 Å². The molecule has 0 radical (unpaired) electrons. The summed E-state index contributed by atoms with van der Waals surface area (Å²) in [7, 11) is 0. The molecule has 11 rings (SSSR count). The van der Waals surface area contributed by atoms with Crippen molar-refractivity contribution in [3.8, 4) is 28.0 Å². The molecule has 9 aromatic rings. The molecular weight excluding hydrogens is 772 g/mol. The van der Waals surface area contributed by atoms with E-state index in [4.69, 9.17) is 0 Å². The summed E-state index contributed by atoms with van der Waals surface area (Å²) in [6.45, 7) is 0. The molecule has 0 heterocycles. The average molecular weight is 810 g/mol. The molecule has 0 bridgehead atoms. The van der Waals surface area contributed by atoms with Crippen molar-refractivity contribution in [2.45, 2.75) is 17.2 Å². The minimum atomic E-state index is -4.82. The van der Waals surface area contributed by atoms with E-state index >= 15 is 0 Å². The van der Waals surface area contributed by atoms with E-state index in [9.17, 15) is 13.2 Å². The van der Waals surface area contributed by atoms with Gasteiger partial charge in [-0.25, -0.2) is 0 Å². The molecule has 0 aromatic heterocycles. The number of alkyl halides is 3. The molecule has 298 valence electrons. The van der Waals surface area contributed by atoms with Crippen LogP contribution in [0.15, 0.2) is 231 Å². The Hall–Kier alpha value is -7.63. The Labute approximate surface area is 358 Å². The van der Waals surface area contributed by atoms with Gasteiger partial charge < -0.3 is 9.64 Å². The number of benzene rings is 9. The van der Waals surface area contributed by atoms with Crippen molar-refractivity contribution >= 4 is 17.1 Å². The zero-order chi connectivity index (χ0) is 41.9. The Morgan fingerprint density at radius 2 is 0.645 bits per heavy atom. The van der Waals surface area contributed by atoms with Crippen molar-refractivity contribution in [1.29, 1.82) is 0 Å². The van der Waals surface area contributed by atoms with E-state index in [0.717, 1.165) is 67.0 Å². The van der Waals surface area contributed by atoms with E-state index in [1.807, 2.05) is 24.3 Å². The highest BCUT2D eigenvalue weighted by Gasteiger charge is 2.48. The van der Waals surface area contributed by atoms with Gasteiger partial charge in [0.1, 0.15) is 5.75 Å². The van der Waals surface area contributed by atoms with Crippen LogP contribution in [0.1, 0.15) is 44.5 Å². The Morgan fingerprint density at radius 3 is 1.02 bits per heavy atom. The Morgan fingerprint density at radius 1 is 0.323 bits per heavy atom. The second kappa shape index (κ2) is 14.5. The third-order valence-electron chi connectivity index (χ3n) is 12.7. The molecule has 0 saturated carbocycles. The van der Waals surface area contributed by atoms with Crippen LogP contribution in [0.4, 0.5) is 30.2 Å². The van der Waals surface area contributed by atoms with Gasteiger partial charge in [0.15, 0.2) is 0 Å². The number of nitrogens with zero attached hydrogens (tertiary/aromatic N) is 1. The summed E-state index contributed by atoms with van der Waals surface area (Å²) in [4.78, 5) is 2.16. The quantitative estimate of drug-likeness (QED) is 0.152. The van der Waals surface area contributed by atoms with Gasteiger partial charge in [0.25, 0.3) is 0 Å². The highest BCUT2D eigenvalue weighted by Crippen LogP contribution is 2.59. The maximum Gasteiger partial charge on any atom is 0.573 e. The number of ether oxygens (including phenoxy) is 1. The number of hydrogen-bond donors (Lipinski definition) is 0. The van der Waals surface area contributed by atoms with E-state index in [1.165, 1.54) is 23.3 Å². The van der Waals surface area contributed by atoms with E-state index < -0.39 is 17.2 Å². The number of halogens is 3. The third-order valence-corrected chi connectivity index (χ3v) is 12.7. The van der Waals surface area contributed by atoms with Crippen LogP contribution in [0, 0.1) is 0 Å². The topological polar surface area (TPSA) is 12.5 Å². The molecule has 2 aliphatic carbocycles. The van der Waals surface area contributed by atoms with E-state index in [2.05, 4.69) is 192 Å². The lowest BCUT2D eigenvalue weighted by Crippen LogP contribution is -2.29. The summed E-state index contributed by atoms with van der Waals surface area (Å²) in [5.74, 6) is -0.283. The summed E-state index contributed by atoms with van der Waals surface area (Å²) < 4.78 is 44.8. The molecule has 9 aromatic carbocycles. The van der Waals surface area contributed by atoms with Gasteiger partial charge in [0, 0.05) is 17.1 Å². The predicted molar refractivity (Wildman–Crippen MR) is 242 cm³/mol. The first kappa shape index (κ1) is 37.4. The van der Waals surface area contributed by atoms with Crippen LogP contribution in [0.25, 0.3) is 22.3 Å². The van der Waals surface area contributed by atoms with Crippen molar-refractivity contribution in [2.24, 2.45) is 0 Å². The summed E-state index contributed by atoms with van der Waals surface area (Å²) in [6, 6.07) is 79.2. The minimum absolute atomic E-state index is 0.283. The van der Waals surface area contributed by atoms with Crippen LogP contribution in [0.2, 0.25) is 0 Å². The number of hydrogen-bond acceptors (Lipinski definition) is 2. The molecule has 0 spiro atoms. The minimum Gasteiger partial charge on any atom is -0.406 e. The van der Waals surface area contributed by atoms with Gasteiger partial charge in [-0.3, -0.25) is 0 Å². The first-order valence-corrected chi connectivity index (χ1v) is 20.7. The molecule has 0 atom stereocenters. The van der Waals surface area contributed by atoms with Gasteiger partial charge >= 0.3 is 6.36 Å². The Kier molecular flexibility index (Phi) is 8.76. The fourth-order valence-electron chi connectivity index (χ4n) is 10.4. The van der Waals surface area contributed by atoms with E-state index in [-0.39, 0.29) is 5.75 Å². The lowest BCUT2D eigenvalue weighted by molar-refractivity contribution is -0.274. The average Bonchev–Trinajstić information content (AvgIpc) is 3.78. The van der Waals surface area contributed by atoms with Crippen LogP contribution < -0.4 is 9.64 Å². The summed E-state index contributed by atoms with van der Waals surface area (Å²) in [6.07, 6.45) is -4.82. The molecule has 2 nitrogen and oxygen atoms in total. The fraction of sp³-hybridized carbons (Fsp3) is 0.0526. The molecule has 5 heteroatoms. The molecule has 0 aliphatic heterocycles. The standard InChI is InChI=1S/C57H38F3NO/c58-57(59,60)62-46-33-29-43(30-34-46)61(44-31-35-49-47-25-13-15-27-51(47)55(53(49)37-44,39-17-5-1-6-18-39)40-19-7-2-8-20-40)45-32-36-50-48-26-14-16-28-52(48)56(54(50)38-45,41-21-9-3-10-22-41)42-23-11-4-12-24-42/h1-38H. The molecule has 0 saturated heterocycles. The van der Waals surface area contributed by atoms with Gasteiger partial charge in [-0.15, -0.1) is 13.2 Å². The first-order chi connectivity index (χ1) is 30.4. The van der Waals surface area contributed by atoms with Gasteiger partial charge in [0.2, 0.25) is 0 Å². The Bertz CT molecular complexity index is 2810. The van der Waals surface area contributed by atoms with E-state index in [1.54, 1.807) is 12.1 Å². The van der Waals surface area contributed by atoms with Crippen LogP contribution in [0.5, 0.6) is 5.75 Å². The summed E-state index contributed by atoms with van der Waals surface area (Å²) >= 11 is 0. The normalized spacial score (nSPS) is 14.0. The SMILES string of the molecule is FC(F)(F)Oc1ccc(N(c2ccc3c(c2)C(c2ccccc2)(c2ccccc2)c2ccccc2-3)c2ccc3c(c2)C(c2ccccc2)(c2ccccc2)c2ccccc2-3)cc1. The smallest absolute Gasteiger partial charge is 0.406 e. The first-order valence-electron chi connectivity index (χ1n) is 20.7. The summed E-state index contributed by atoms with van der Waals surface area (Å²) in [5.41, 5.74) is 14.8. The largest absolute Gasteiger partial charge is 0.573 e. The van der Waals surface area contributed by atoms with Crippen molar-refractivity contribution < 1.29 is 17.9 Å². The van der Waals surface area contributed by atoms with Crippen molar-refractivity contribution in [3.63, 3.8) is 0 Å². The maximum atomic E-state index is 13.5. The molecule has 62 heavy (non-hydrogen) atoms. The second-order valence-corrected chi connectivity index (χ2v) is 15.9. The van der Waals surface area contributed by atoms with Crippen LogP contribution in [-0.2, 0) is 10.8 Å². The number of anilines is 3. The predicted octanol–water partition coefficient (Wildman–Crippen LogP) is 14.8. The van der Waals surface area contributed by atoms with Gasteiger partial charge in [-0.1, -0.05) is 182 Å². The van der Waals surface area contributed by atoms with Gasteiger partial charge in [-0.2, -0.15) is 0 Å². The van der Waals surface area contributed by atoms with Crippen molar-refractivity contribution in [2.75, 3.05) is 4.90 Å². The molecule has 2 aliphatic rings. The number of rotatable bonds is 8. The molecular formula is C57H38F3NO. The highest BCUT2D eigenvalue weighted by atomic mass is 19.4. The lowest BCUT2D eigenvalue weighted by atomic mass is 9.67. The Balaban J connectivity index is 1.18. The van der Waals surface area contributed by atoms with Crippen molar-refractivity contribution in [3.05, 3.63) is 275 Å². The van der Waals surface area contributed by atoms with Crippen LogP contribution in [0.3, 0.4) is 0 Å². The third kappa shape index (κ3) is 5.72. The zero-order valence-corrected chi connectivity index (χ0v) is 33.4. The van der Waals surface area contributed by atoms with Crippen molar-refractivity contribution in [1.82, 2.24) is 0 Å². The second-order valence-electron chi connectivity index (χ2n) is 15.9.